The van der Waals surface area contributed by atoms with Crippen molar-refractivity contribution in [1.29, 1.82) is 0 Å². The number of non-ortho nitro benzene ring substituents is 2. The van der Waals surface area contributed by atoms with Gasteiger partial charge in [-0.25, -0.2) is 4.79 Å². The van der Waals surface area contributed by atoms with Gasteiger partial charge in [0, 0.05) is 23.4 Å². The summed E-state index contributed by atoms with van der Waals surface area (Å²) in [6.45, 7) is 0. The lowest BCUT2D eigenvalue weighted by atomic mass is 9.94. The number of hydrogen-bond acceptors (Lipinski definition) is 7. The Bertz CT molecular complexity index is 1350. The van der Waals surface area contributed by atoms with E-state index in [1.807, 2.05) is 0 Å². The number of para-hydroxylation sites is 2. The monoisotopic (exact) mass is 487 g/mol. The van der Waals surface area contributed by atoms with E-state index in [9.17, 15) is 43.0 Å². The number of nitro benzene ring substituents is 2. The number of rotatable bonds is 5. The summed E-state index contributed by atoms with van der Waals surface area (Å²) in [5.41, 5.74) is -7.37. The maximum absolute atomic E-state index is 14.6. The first-order chi connectivity index (χ1) is 16.5. The van der Waals surface area contributed by atoms with Crippen LogP contribution in [0.5, 0.6) is 0 Å². The normalized spacial score (nSPS) is 17.1. The first kappa shape index (κ1) is 23.4. The molecule has 1 atom stereocenters. The summed E-state index contributed by atoms with van der Waals surface area (Å²) in [4.78, 5) is 47.1. The topological polar surface area (TPSA) is 133 Å². The zero-order chi connectivity index (χ0) is 25.5. The minimum Gasteiger partial charge on any atom is -0.430 e. The van der Waals surface area contributed by atoms with Crippen LogP contribution in [0.4, 0.5) is 35.9 Å². The van der Waals surface area contributed by atoms with Crippen molar-refractivity contribution >= 4 is 34.6 Å². The largest absolute Gasteiger partial charge is 0.442 e. The molecule has 0 aliphatic carbocycles. The summed E-state index contributed by atoms with van der Waals surface area (Å²) in [6.07, 6.45) is -5.47. The van der Waals surface area contributed by atoms with E-state index in [0.717, 1.165) is 11.0 Å². The molecule has 0 aromatic heterocycles. The SMILES string of the molecule is O=C(O[C@]1(C(F)(F)F)C(=O)N(c2ccccc2)c2ccccc21)c1cc([N+](=O)[O-])cc([N+](=O)[O-])c1. The summed E-state index contributed by atoms with van der Waals surface area (Å²) < 4.78 is 48.6. The van der Waals surface area contributed by atoms with Gasteiger partial charge in [0.2, 0.25) is 0 Å². The Kier molecular flexibility index (Phi) is 5.47. The average molecular weight is 487 g/mol. The number of amides is 1. The number of anilines is 2. The van der Waals surface area contributed by atoms with Gasteiger partial charge < -0.3 is 4.74 Å². The average Bonchev–Trinajstić information content (AvgIpc) is 3.07. The van der Waals surface area contributed by atoms with Gasteiger partial charge >= 0.3 is 17.7 Å². The number of fused-ring (bicyclic) bond motifs is 1. The molecule has 1 heterocycles. The Hall–Kier alpha value is -4.81. The van der Waals surface area contributed by atoms with Gasteiger partial charge in [-0.3, -0.25) is 29.9 Å². The van der Waals surface area contributed by atoms with Gasteiger partial charge in [-0.1, -0.05) is 36.4 Å². The van der Waals surface area contributed by atoms with Crippen molar-refractivity contribution in [3.05, 3.63) is 104 Å². The number of carbonyl (C=O) groups excluding carboxylic acids is 2. The van der Waals surface area contributed by atoms with Gasteiger partial charge in [0.1, 0.15) is 0 Å². The Labute approximate surface area is 193 Å². The van der Waals surface area contributed by atoms with Crippen molar-refractivity contribution < 1.29 is 37.3 Å². The molecule has 0 bridgehead atoms. The molecule has 13 heteroatoms. The second-order valence-corrected chi connectivity index (χ2v) is 7.31. The molecule has 0 spiro atoms. The third-order valence-corrected chi connectivity index (χ3v) is 5.25. The van der Waals surface area contributed by atoms with Crippen LogP contribution in [-0.2, 0) is 15.1 Å². The van der Waals surface area contributed by atoms with Crippen molar-refractivity contribution in [2.45, 2.75) is 11.8 Å². The lowest BCUT2D eigenvalue weighted by Crippen LogP contribution is -2.53. The first-order valence-corrected chi connectivity index (χ1v) is 9.70. The van der Waals surface area contributed by atoms with E-state index in [2.05, 4.69) is 0 Å². The van der Waals surface area contributed by atoms with Crippen LogP contribution < -0.4 is 4.90 Å². The van der Waals surface area contributed by atoms with Crippen molar-refractivity contribution in [2.75, 3.05) is 4.90 Å². The quantitative estimate of drug-likeness (QED) is 0.287. The van der Waals surface area contributed by atoms with Crippen molar-refractivity contribution in [1.82, 2.24) is 0 Å². The van der Waals surface area contributed by atoms with Crippen LogP contribution in [-0.4, -0.2) is 27.9 Å². The predicted molar refractivity (Wildman–Crippen MR) is 113 cm³/mol. The Morgan fingerprint density at radius 2 is 1.43 bits per heavy atom. The summed E-state index contributed by atoms with van der Waals surface area (Å²) in [6, 6.07) is 13.7. The van der Waals surface area contributed by atoms with E-state index in [1.54, 1.807) is 6.07 Å². The molecule has 10 nitrogen and oxygen atoms in total. The summed E-state index contributed by atoms with van der Waals surface area (Å²) in [7, 11) is 0. The zero-order valence-corrected chi connectivity index (χ0v) is 17.3. The molecule has 0 radical (unpaired) electrons. The zero-order valence-electron chi connectivity index (χ0n) is 17.3. The van der Waals surface area contributed by atoms with E-state index in [-0.39, 0.29) is 11.4 Å². The molecule has 0 saturated heterocycles. The molecule has 1 aliphatic heterocycles. The predicted octanol–water partition coefficient (Wildman–Crippen LogP) is 4.80. The third kappa shape index (κ3) is 3.72. The van der Waals surface area contributed by atoms with Crippen LogP contribution in [0.25, 0.3) is 0 Å². The lowest BCUT2D eigenvalue weighted by Gasteiger charge is -2.30. The Morgan fingerprint density at radius 3 is 1.97 bits per heavy atom. The highest BCUT2D eigenvalue weighted by atomic mass is 19.4. The van der Waals surface area contributed by atoms with Crippen molar-refractivity contribution in [3.63, 3.8) is 0 Å². The third-order valence-electron chi connectivity index (χ3n) is 5.25. The Morgan fingerprint density at radius 1 is 0.886 bits per heavy atom. The molecule has 0 N–H and O–H groups in total. The fourth-order valence-corrected chi connectivity index (χ4v) is 3.73. The molecule has 3 aromatic carbocycles. The van der Waals surface area contributed by atoms with Crippen molar-refractivity contribution in [3.8, 4) is 0 Å². The minimum absolute atomic E-state index is 0.0677. The minimum atomic E-state index is -5.47. The maximum atomic E-state index is 14.6. The Balaban J connectivity index is 1.88. The fourth-order valence-electron chi connectivity index (χ4n) is 3.73. The van der Waals surface area contributed by atoms with Crippen molar-refractivity contribution in [2.24, 2.45) is 0 Å². The summed E-state index contributed by atoms with van der Waals surface area (Å²) in [5.74, 6) is -3.46. The molecular formula is C22H12F3N3O7. The molecule has 0 fully saturated rings. The van der Waals surface area contributed by atoms with Gasteiger partial charge in [-0.05, 0) is 18.2 Å². The van der Waals surface area contributed by atoms with E-state index in [4.69, 9.17) is 4.74 Å². The molecule has 0 saturated carbocycles. The molecular weight excluding hydrogens is 475 g/mol. The number of esters is 1. The number of benzene rings is 3. The van der Waals surface area contributed by atoms with Crippen LogP contribution >= 0.6 is 0 Å². The summed E-state index contributed by atoms with van der Waals surface area (Å²) in [5, 5.41) is 22.2. The number of nitro groups is 2. The number of hydrogen-bond donors (Lipinski definition) is 0. The standard InChI is InChI=1S/C22H12F3N3O7/c23-22(24,25)21(35-19(29)13-10-15(27(31)32)12-16(11-13)28(33)34)17-8-4-5-9-18(17)26(20(21)30)14-6-2-1-3-7-14/h1-12H/t21-/m0/s1. The molecule has 1 aliphatic rings. The molecule has 1 amide bonds. The fraction of sp³-hybridized carbons (Fsp3) is 0.0909. The van der Waals surface area contributed by atoms with Gasteiger partial charge in [0.25, 0.3) is 17.3 Å². The van der Waals surface area contributed by atoms with E-state index in [0.29, 0.717) is 18.2 Å². The number of carbonyl (C=O) groups is 2. The van der Waals surface area contributed by atoms with E-state index in [1.165, 1.54) is 42.5 Å². The molecule has 0 unspecified atom stereocenters. The van der Waals surface area contributed by atoms with Crippen LogP contribution in [0.3, 0.4) is 0 Å². The van der Waals surface area contributed by atoms with Gasteiger partial charge in [0.15, 0.2) is 0 Å². The van der Waals surface area contributed by atoms with Gasteiger partial charge in [0.05, 0.1) is 27.2 Å². The van der Waals surface area contributed by atoms with Crippen LogP contribution in [0.2, 0.25) is 0 Å². The first-order valence-electron chi connectivity index (χ1n) is 9.70. The number of alkyl halides is 3. The van der Waals surface area contributed by atoms with Crippen LogP contribution in [0, 0.1) is 20.2 Å². The highest BCUT2D eigenvalue weighted by molar-refractivity contribution is 6.13. The highest BCUT2D eigenvalue weighted by Gasteiger charge is 2.71. The second-order valence-electron chi connectivity index (χ2n) is 7.31. The number of halogens is 3. The molecule has 3 aromatic rings. The number of ether oxygens (including phenoxy) is 1. The smallest absolute Gasteiger partial charge is 0.430 e. The van der Waals surface area contributed by atoms with Crippen LogP contribution in [0.15, 0.2) is 72.8 Å². The van der Waals surface area contributed by atoms with Gasteiger partial charge in [-0.15, -0.1) is 0 Å². The molecule has 178 valence electrons. The second kappa shape index (κ2) is 8.20. The maximum Gasteiger partial charge on any atom is 0.442 e. The van der Waals surface area contributed by atoms with Gasteiger partial charge in [-0.2, -0.15) is 13.2 Å². The van der Waals surface area contributed by atoms with E-state index < -0.39 is 56.0 Å². The van der Waals surface area contributed by atoms with Crippen LogP contribution in [0.1, 0.15) is 15.9 Å². The van der Waals surface area contributed by atoms with E-state index >= 15 is 0 Å². The summed E-state index contributed by atoms with van der Waals surface area (Å²) >= 11 is 0. The molecule has 4 rings (SSSR count). The highest BCUT2D eigenvalue weighted by Crippen LogP contribution is 2.54. The molecule has 35 heavy (non-hydrogen) atoms. The number of nitrogens with zero attached hydrogens (tertiary/aromatic N) is 3. The lowest BCUT2D eigenvalue weighted by molar-refractivity contribution is -0.394.